The molecule has 26 heavy (non-hydrogen) atoms. The lowest BCUT2D eigenvalue weighted by Crippen LogP contribution is -2.36. The number of hydrogen-bond acceptors (Lipinski definition) is 3. The van der Waals surface area contributed by atoms with Gasteiger partial charge in [0.15, 0.2) is 5.78 Å². The van der Waals surface area contributed by atoms with Gasteiger partial charge in [0, 0.05) is 18.0 Å². The smallest absolute Gasteiger partial charge is 0.416 e. The third-order valence-corrected chi connectivity index (χ3v) is 5.89. The van der Waals surface area contributed by atoms with Gasteiger partial charge in [-0.05, 0) is 63.7 Å². The molecule has 0 spiro atoms. The molecule has 1 saturated heterocycles. The number of nitrogens with zero attached hydrogens (tertiary/aromatic N) is 1. The molecule has 0 bridgehead atoms. The monoisotopic (exact) mass is 369 g/mol. The molecule has 3 nitrogen and oxygen atoms in total. The Kier molecular flexibility index (Phi) is 5.61. The average molecular weight is 369 g/mol. The molecule has 1 aromatic rings. The molecule has 0 N–H and O–H groups in total. The third-order valence-electron chi connectivity index (χ3n) is 5.89. The fraction of sp³-hybridized carbons (Fsp3) is 0.650. The van der Waals surface area contributed by atoms with Crippen LogP contribution in [-0.4, -0.2) is 36.9 Å². The number of carbonyl (C=O) groups excluding carboxylic acids is 1. The molecule has 2 fully saturated rings. The van der Waals surface area contributed by atoms with Crippen LogP contribution in [0, 0.1) is 12.8 Å². The van der Waals surface area contributed by atoms with Crippen molar-refractivity contribution in [3.05, 3.63) is 28.8 Å². The quantitative estimate of drug-likeness (QED) is 0.694. The van der Waals surface area contributed by atoms with Gasteiger partial charge < -0.3 is 9.64 Å². The Morgan fingerprint density at radius 1 is 1.19 bits per heavy atom. The Morgan fingerprint density at radius 2 is 1.88 bits per heavy atom. The second-order valence-corrected chi connectivity index (χ2v) is 7.45. The fourth-order valence-electron chi connectivity index (χ4n) is 4.64. The van der Waals surface area contributed by atoms with E-state index in [9.17, 15) is 18.0 Å². The Bertz CT molecular complexity index is 666. The van der Waals surface area contributed by atoms with Gasteiger partial charge in [-0.1, -0.05) is 6.42 Å². The van der Waals surface area contributed by atoms with Gasteiger partial charge in [-0.3, -0.25) is 4.79 Å². The van der Waals surface area contributed by atoms with Crippen LogP contribution >= 0.6 is 0 Å². The topological polar surface area (TPSA) is 29.5 Å². The summed E-state index contributed by atoms with van der Waals surface area (Å²) in [6.45, 7) is 3.55. The van der Waals surface area contributed by atoms with Gasteiger partial charge >= 0.3 is 6.18 Å². The largest absolute Gasteiger partial charge is 0.496 e. The van der Waals surface area contributed by atoms with Gasteiger partial charge in [-0.25, -0.2) is 0 Å². The van der Waals surface area contributed by atoms with Crippen LogP contribution < -0.4 is 4.74 Å². The molecule has 2 atom stereocenters. The number of rotatable bonds is 5. The first-order chi connectivity index (χ1) is 12.3. The summed E-state index contributed by atoms with van der Waals surface area (Å²) in [5, 5.41) is 0. The van der Waals surface area contributed by atoms with Gasteiger partial charge in [-0.2, -0.15) is 13.2 Å². The summed E-state index contributed by atoms with van der Waals surface area (Å²) in [4.78, 5) is 15.4. The summed E-state index contributed by atoms with van der Waals surface area (Å²) in [6.07, 6.45) is 1.58. The Labute approximate surface area is 152 Å². The van der Waals surface area contributed by atoms with Crippen LogP contribution in [0.25, 0.3) is 0 Å². The number of alkyl halides is 3. The minimum Gasteiger partial charge on any atom is -0.496 e. The zero-order chi connectivity index (χ0) is 18.9. The van der Waals surface area contributed by atoms with Crippen LogP contribution in [0.1, 0.15) is 60.0 Å². The van der Waals surface area contributed by atoms with Crippen LogP contribution in [0.4, 0.5) is 13.2 Å². The Hall–Kier alpha value is -1.56. The van der Waals surface area contributed by atoms with Crippen molar-refractivity contribution < 1.29 is 22.7 Å². The van der Waals surface area contributed by atoms with Gasteiger partial charge in [0.1, 0.15) is 5.75 Å². The van der Waals surface area contributed by atoms with Crippen LogP contribution in [0.2, 0.25) is 0 Å². The molecule has 1 aromatic carbocycles. The normalized spacial score (nSPS) is 24.2. The number of ketones is 1. The molecule has 1 saturated carbocycles. The number of carbonyl (C=O) groups is 1. The molecule has 144 valence electrons. The number of likely N-dealkylation sites (tertiary alicyclic amines) is 1. The van der Waals surface area contributed by atoms with Crippen LogP contribution in [0.5, 0.6) is 5.75 Å². The zero-order valence-corrected chi connectivity index (χ0v) is 15.4. The molecular formula is C20H26F3NO2. The van der Waals surface area contributed by atoms with Crippen LogP contribution in [0.15, 0.2) is 12.1 Å². The second-order valence-electron chi connectivity index (χ2n) is 7.45. The maximum atomic E-state index is 13.1. The van der Waals surface area contributed by atoms with Gasteiger partial charge in [0.05, 0.1) is 18.2 Å². The lowest BCUT2D eigenvalue weighted by Gasteiger charge is -2.29. The first-order valence-electron chi connectivity index (χ1n) is 9.35. The number of Topliss-reactive ketones (excluding diaryl/α,β-unsaturated/α-hetero) is 1. The van der Waals surface area contributed by atoms with E-state index in [1.165, 1.54) is 32.9 Å². The molecule has 0 aromatic heterocycles. The highest BCUT2D eigenvalue weighted by Crippen LogP contribution is 2.39. The van der Waals surface area contributed by atoms with E-state index in [4.69, 9.17) is 4.74 Å². The van der Waals surface area contributed by atoms with Crippen LogP contribution in [-0.2, 0) is 6.18 Å². The number of hydrogen-bond donors (Lipinski definition) is 0. The molecule has 3 rings (SSSR count). The molecule has 0 unspecified atom stereocenters. The van der Waals surface area contributed by atoms with E-state index in [0.29, 0.717) is 12.5 Å². The van der Waals surface area contributed by atoms with Crippen molar-refractivity contribution in [3.8, 4) is 5.75 Å². The van der Waals surface area contributed by atoms with E-state index in [1.807, 2.05) is 0 Å². The number of halogens is 3. The fourth-order valence-corrected chi connectivity index (χ4v) is 4.64. The minimum absolute atomic E-state index is 0.0200. The Morgan fingerprint density at radius 3 is 2.50 bits per heavy atom. The van der Waals surface area contributed by atoms with E-state index in [0.717, 1.165) is 38.4 Å². The molecular weight excluding hydrogens is 343 g/mol. The van der Waals surface area contributed by atoms with Crippen LogP contribution in [0.3, 0.4) is 0 Å². The van der Waals surface area contributed by atoms with E-state index < -0.39 is 11.7 Å². The molecule has 1 heterocycles. The number of methoxy groups -OCH3 is 1. The highest BCUT2D eigenvalue weighted by Gasteiger charge is 2.37. The van der Waals surface area contributed by atoms with Gasteiger partial charge in [0.25, 0.3) is 0 Å². The number of ether oxygens (including phenoxy) is 1. The molecule has 1 aliphatic carbocycles. The summed E-state index contributed by atoms with van der Waals surface area (Å²) in [5.74, 6) is 0.225. The third kappa shape index (κ3) is 3.75. The molecule has 0 radical (unpaired) electrons. The van der Waals surface area contributed by atoms with Crippen molar-refractivity contribution in [3.63, 3.8) is 0 Å². The van der Waals surface area contributed by atoms with Crippen molar-refractivity contribution in [1.82, 2.24) is 4.90 Å². The molecule has 1 aliphatic heterocycles. The second kappa shape index (κ2) is 7.59. The van der Waals surface area contributed by atoms with Gasteiger partial charge in [-0.15, -0.1) is 0 Å². The summed E-state index contributed by atoms with van der Waals surface area (Å²) in [6, 6.07) is 2.71. The van der Waals surface area contributed by atoms with Crippen molar-refractivity contribution in [1.29, 1.82) is 0 Å². The lowest BCUT2D eigenvalue weighted by atomic mass is 9.91. The lowest BCUT2D eigenvalue weighted by molar-refractivity contribution is -0.138. The predicted octanol–water partition coefficient (Wildman–Crippen LogP) is 4.86. The highest BCUT2D eigenvalue weighted by molar-refractivity contribution is 5.99. The first kappa shape index (κ1) is 19.2. The summed E-state index contributed by atoms with van der Waals surface area (Å²) in [7, 11) is 1.32. The molecule has 2 aliphatic rings. The van der Waals surface area contributed by atoms with E-state index in [1.54, 1.807) is 0 Å². The maximum absolute atomic E-state index is 13.1. The van der Waals surface area contributed by atoms with Crippen molar-refractivity contribution >= 4 is 5.78 Å². The van der Waals surface area contributed by atoms with Crippen molar-refractivity contribution in [2.45, 2.75) is 57.7 Å². The van der Waals surface area contributed by atoms with E-state index in [-0.39, 0.29) is 28.6 Å². The molecule has 0 amide bonds. The van der Waals surface area contributed by atoms with E-state index in [2.05, 4.69) is 4.90 Å². The highest BCUT2D eigenvalue weighted by atomic mass is 19.4. The standard InChI is InChI=1S/C20H26F3NO2/c1-13-16(20(21,22)23)9-8-15(19(13)26-2)18(25)12-14-6-5-7-17(14)24-10-3-4-11-24/h8-9,14,17H,3-7,10-12H2,1-2H3/t14-,17-/m1/s1. The van der Waals surface area contributed by atoms with Gasteiger partial charge in [0.2, 0.25) is 0 Å². The van der Waals surface area contributed by atoms with E-state index >= 15 is 0 Å². The Balaban J connectivity index is 1.80. The minimum atomic E-state index is -4.45. The predicted molar refractivity (Wildman–Crippen MR) is 93.6 cm³/mol. The zero-order valence-electron chi connectivity index (χ0n) is 15.4. The summed E-state index contributed by atoms with van der Waals surface area (Å²) < 4.78 is 44.5. The van der Waals surface area contributed by atoms with Crippen molar-refractivity contribution in [2.75, 3.05) is 20.2 Å². The van der Waals surface area contributed by atoms with Crippen molar-refractivity contribution in [2.24, 2.45) is 5.92 Å². The average Bonchev–Trinajstić information content (AvgIpc) is 3.24. The molecule has 6 heteroatoms. The summed E-state index contributed by atoms with van der Waals surface area (Å²) in [5.41, 5.74) is -0.500. The first-order valence-corrected chi connectivity index (χ1v) is 9.35. The maximum Gasteiger partial charge on any atom is 0.416 e. The SMILES string of the molecule is COc1c(C(=O)C[C@H]2CCC[C@H]2N2CCCC2)ccc(C(F)(F)F)c1C. The summed E-state index contributed by atoms with van der Waals surface area (Å²) >= 11 is 0. The number of benzene rings is 1.